The molecule has 0 aliphatic carbocycles. The van der Waals surface area contributed by atoms with Crippen LogP contribution >= 0.6 is 17.0 Å². The van der Waals surface area contributed by atoms with Crippen LogP contribution in [0.4, 0.5) is 13.2 Å². The second-order valence-corrected chi connectivity index (χ2v) is 3.80. The zero-order valence-corrected chi connectivity index (χ0v) is 10.7. The average molecular weight is 302 g/mol. The number of nitrogens with two attached hydrogens (primary N) is 1. The molecule has 0 radical (unpaired) electrons. The number of nitrogens with one attached hydrogen (secondary N) is 1. The maximum absolute atomic E-state index is 12.1. The number of nitrogens with zero attached hydrogens (tertiary/aromatic N) is 1. The highest BCUT2D eigenvalue weighted by Crippen LogP contribution is 2.21. The van der Waals surface area contributed by atoms with Gasteiger partial charge in [0.05, 0.1) is 0 Å². The monoisotopic (exact) mass is 301 g/mol. The fourth-order valence-corrected chi connectivity index (χ4v) is 1.13. The lowest BCUT2D eigenvalue weighted by Gasteiger charge is -2.14. The summed E-state index contributed by atoms with van der Waals surface area (Å²) in [5, 5.41) is 0. The van der Waals surface area contributed by atoms with E-state index in [9.17, 15) is 13.2 Å². The third-order valence-electron chi connectivity index (χ3n) is 2.06. The molecule has 0 aromatic carbocycles. The van der Waals surface area contributed by atoms with E-state index in [4.69, 9.17) is 5.73 Å². The molecule has 16 heavy (non-hydrogen) atoms. The highest BCUT2D eigenvalue weighted by molar-refractivity contribution is 8.93. The van der Waals surface area contributed by atoms with Crippen molar-refractivity contribution >= 4 is 17.0 Å². The maximum Gasteiger partial charge on any atom is 0.404 e. The van der Waals surface area contributed by atoms with Crippen LogP contribution in [0, 0.1) is 0 Å². The molecule has 1 aromatic heterocycles. The van der Waals surface area contributed by atoms with E-state index in [1.54, 1.807) is 0 Å². The van der Waals surface area contributed by atoms with E-state index in [0.29, 0.717) is 11.5 Å². The zero-order valence-electron chi connectivity index (χ0n) is 9.01. The molecule has 3 N–H and O–H groups in total. The van der Waals surface area contributed by atoms with Gasteiger partial charge in [-0.05, 0) is 0 Å². The Morgan fingerprint density at radius 3 is 2.38 bits per heavy atom. The Balaban J connectivity index is 0.00000225. The van der Waals surface area contributed by atoms with Gasteiger partial charge in [0, 0.05) is 24.2 Å². The van der Waals surface area contributed by atoms with Gasteiger partial charge in [-0.2, -0.15) is 13.2 Å². The van der Waals surface area contributed by atoms with E-state index in [-0.39, 0.29) is 29.3 Å². The van der Waals surface area contributed by atoms with Gasteiger partial charge in [-0.25, -0.2) is 4.98 Å². The molecule has 0 spiro atoms. The Labute approximate surface area is 102 Å². The van der Waals surface area contributed by atoms with Crippen LogP contribution in [0.5, 0.6) is 0 Å². The van der Waals surface area contributed by atoms with Crippen molar-refractivity contribution in [2.45, 2.75) is 38.4 Å². The number of imidazole rings is 1. The van der Waals surface area contributed by atoms with Crippen molar-refractivity contribution in [3.05, 3.63) is 17.7 Å². The number of hydrogen-bond donors (Lipinski definition) is 2. The second-order valence-electron chi connectivity index (χ2n) is 3.80. The molecule has 0 bridgehead atoms. The third-order valence-corrected chi connectivity index (χ3v) is 2.06. The highest BCUT2D eigenvalue weighted by Gasteiger charge is 2.36. The molecular weight excluding hydrogens is 287 g/mol. The Bertz CT molecular complexity index is 322. The minimum atomic E-state index is -4.36. The predicted molar refractivity (Wildman–Crippen MR) is 60.7 cm³/mol. The normalized spacial score (nSPS) is 13.7. The molecule has 0 amide bonds. The molecule has 0 aliphatic rings. The molecule has 0 fully saturated rings. The minimum Gasteiger partial charge on any atom is -0.346 e. The summed E-state index contributed by atoms with van der Waals surface area (Å²) in [5.41, 5.74) is 5.42. The van der Waals surface area contributed by atoms with Crippen molar-refractivity contribution in [3.8, 4) is 0 Å². The largest absolute Gasteiger partial charge is 0.404 e. The quantitative estimate of drug-likeness (QED) is 0.901. The molecule has 1 rings (SSSR count). The van der Waals surface area contributed by atoms with Gasteiger partial charge >= 0.3 is 6.18 Å². The Morgan fingerprint density at radius 2 is 2.00 bits per heavy atom. The topological polar surface area (TPSA) is 54.7 Å². The van der Waals surface area contributed by atoms with Crippen LogP contribution in [0.2, 0.25) is 0 Å². The molecule has 1 heterocycles. The molecule has 3 nitrogen and oxygen atoms in total. The van der Waals surface area contributed by atoms with E-state index < -0.39 is 12.2 Å². The van der Waals surface area contributed by atoms with Gasteiger partial charge in [0.1, 0.15) is 11.9 Å². The lowest BCUT2D eigenvalue weighted by Crippen LogP contribution is -2.39. The number of rotatable bonds is 3. The maximum atomic E-state index is 12.1. The van der Waals surface area contributed by atoms with Gasteiger partial charge in [-0.1, -0.05) is 13.8 Å². The summed E-state index contributed by atoms with van der Waals surface area (Å²) in [5.74, 6) is 0.847. The van der Waals surface area contributed by atoms with Crippen LogP contribution in [-0.4, -0.2) is 22.2 Å². The fraction of sp³-hybridized carbons (Fsp3) is 0.667. The summed E-state index contributed by atoms with van der Waals surface area (Å²) < 4.78 is 36.4. The summed E-state index contributed by atoms with van der Waals surface area (Å²) >= 11 is 0. The van der Waals surface area contributed by atoms with E-state index in [1.807, 2.05) is 13.8 Å². The molecule has 0 saturated carbocycles. The first kappa shape index (κ1) is 15.4. The van der Waals surface area contributed by atoms with Gasteiger partial charge in [-0.3, -0.25) is 0 Å². The number of H-pyrrole nitrogens is 1. The smallest absolute Gasteiger partial charge is 0.346 e. The van der Waals surface area contributed by atoms with Gasteiger partial charge in [0.2, 0.25) is 0 Å². The standard InChI is InChI=1S/C9H14F3N3.BrH/c1-5(2)8-14-4-6(15-8)3-7(13)9(10,11)12;/h4-5,7H,3,13H2,1-2H3,(H,14,15);1H. The Kier molecular flexibility index (Phi) is 5.48. The number of halogens is 4. The number of aromatic nitrogens is 2. The number of aromatic amines is 1. The lowest BCUT2D eigenvalue weighted by molar-refractivity contribution is -0.147. The van der Waals surface area contributed by atoms with E-state index in [1.165, 1.54) is 6.20 Å². The van der Waals surface area contributed by atoms with E-state index >= 15 is 0 Å². The highest BCUT2D eigenvalue weighted by atomic mass is 79.9. The molecule has 1 atom stereocenters. The van der Waals surface area contributed by atoms with Crippen LogP contribution in [0.15, 0.2) is 6.20 Å². The second kappa shape index (κ2) is 5.67. The molecule has 94 valence electrons. The summed E-state index contributed by atoms with van der Waals surface area (Å²) in [7, 11) is 0. The van der Waals surface area contributed by atoms with Gasteiger partial charge in [-0.15, -0.1) is 17.0 Å². The summed E-state index contributed by atoms with van der Waals surface area (Å²) in [6, 6.07) is -1.84. The van der Waals surface area contributed by atoms with Crippen LogP contribution in [0.1, 0.15) is 31.3 Å². The lowest BCUT2D eigenvalue weighted by atomic mass is 10.2. The minimum absolute atomic E-state index is 0. The molecule has 1 unspecified atom stereocenters. The Hall–Kier alpha value is -0.560. The van der Waals surface area contributed by atoms with Gasteiger partial charge in [0.15, 0.2) is 0 Å². The first-order chi connectivity index (χ1) is 6.80. The van der Waals surface area contributed by atoms with E-state index in [0.717, 1.165) is 0 Å². The van der Waals surface area contributed by atoms with Crippen molar-refractivity contribution in [3.63, 3.8) is 0 Å². The number of hydrogen-bond acceptors (Lipinski definition) is 2. The van der Waals surface area contributed by atoms with Crippen LogP contribution in [0.25, 0.3) is 0 Å². The van der Waals surface area contributed by atoms with Gasteiger partial charge < -0.3 is 10.7 Å². The third kappa shape index (κ3) is 4.13. The molecule has 0 aliphatic heterocycles. The van der Waals surface area contributed by atoms with E-state index in [2.05, 4.69) is 9.97 Å². The van der Waals surface area contributed by atoms with Crippen LogP contribution < -0.4 is 5.73 Å². The van der Waals surface area contributed by atoms with Crippen molar-refractivity contribution in [2.75, 3.05) is 0 Å². The summed E-state index contributed by atoms with van der Waals surface area (Å²) in [4.78, 5) is 6.80. The van der Waals surface area contributed by atoms with Crippen LogP contribution in [0.3, 0.4) is 0 Å². The molecular formula is C9H15BrF3N3. The molecule has 0 saturated heterocycles. The van der Waals surface area contributed by atoms with Crippen molar-refractivity contribution < 1.29 is 13.2 Å². The van der Waals surface area contributed by atoms with Crippen molar-refractivity contribution in [1.82, 2.24) is 9.97 Å². The predicted octanol–water partition coefficient (Wildman–Crippen LogP) is 2.54. The summed E-state index contributed by atoms with van der Waals surface area (Å²) in [6.45, 7) is 3.82. The molecule has 1 aromatic rings. The Morgan fingerprint density at radius 1 is 1.44 bits per heavy atom. The number of alkyl halides is 3. The molecule has 7 heteroatoms. The zero-order chi connectivity index (χ0) is 11.6. The fourth-order valence-electron chi connectivity index (χ4n) is 1.13. The van der Waals surface area contributed by atoms with Crippen molar-refractivity contribution in [2.24, 2.45) is 5.73 Å². The SMILES string of the molecule is Br.CC(C)c1ncc(CC(N)C(F)(F)F)[nH]1. The van der Waals surface area contributed by atoms with Crippen LogP contribution in [-0.2, 0) is 6.42 Å². The first-order valence-corrected chi connectivity index (χ1v) is 4.66. The summed E-state index contributed by atoms with van der Waals surface area (Å²) in [6.07, 6.45) is -3.22. The van der Waals surface area contributed by atoms with Crippen molar-refractivity contribution in [1.29, 1.82) is 0 Å². The van der Waals surface area contributed by atoms with Gasteiger partial charge in [0.25, 0.3) is 0 Å². The first-order valence-electron chi connectivity index (χ1n) is 4.66. The average Bonchev–Trinajstić information content (AvgIpc) is 2.50.